The van der Waals surface area contributed by atoms with Crippen LogP contribution in [0.4, 0.5) is 0 Å². The molecule has 0 bridgehead atoms. The lowest BCUT2D eigenvalue weighted by atomic mass is 9.75. The highest BCUT2D eigenvalue weighted by Gasteiger charge is 2.57. The number of halogens is 1. The minimum atomic E-state index is -1.75. The van der Waals surface area contributed by atoms with Gasteiger partial charge in [0.05, 0.1) is 0 Å². The number of hydrogen-bond donors (Lipinski definition) is 0. The van der Waals surface area contributed by atoms with Gasteiger partial charge < -0.3 is 9.16 Å². The Hall–Kier alpha value is 0.377. The van der Waals surface area contributed by atoms with Gasteiger partial charge in [-0.15, -0.1) is 0 Å². The van der Waals surface area contributed by atoms with Crippen molar-refractivity contribution >= 4 is 36.9 Å². The average Bonchev–Trinajstić information content (AvgIpc) is 2.77. The van der Waals surface area contributed by atoms with Crippen molar-refractivity contribution in [3.63, 3.8) is 0 Å². The molecule has 0 amide bonds. The normalized spacial score (nSPS) is 33.9. The SMILES string of the molecule is CC[Si](CC)(CC)OC1C(=O)O[C@@]2(CI)CCCC[C@@H]12. The Balaban J connectivity index is 2.21. The van der Waals surface area contributed by atoms with Crippen molar-refractivity contribution in [3.05, 3.63) is 0 Å². The van der Waals surface area contributed by atoms with Crippen molar-refractivity contribution in [2.75, 3.05) is 4.43 Å². The molecule has 1 heterocycles. The highest BCUT2D eigenvalue weighted by atomic mass is 127. The second-order valence-electron chi connectivity index (χ2n) is 6.25. The van der Waals surface area contributed by atoms with E-state index in [1.54, 1.807) is 0 Å². The third-order valence-electron chi connectivity index (χ3n) is 5.48. The standard InChI is InChI=1S/C15H27IO3Si/c1-4-20(5-2,6-3)19-13-12-9-7-8-10-15(12,11-16)18-14(13)17/h12-13H,4-11H2,1-3H3/t12-,13?,15+/m0/s1. The molecule has 1 saturated heterocycles. The van der Waals surface area contributed by atoms with E-state index in [1.165, 1.54) is 12.8 Å². The molecule has 20 heavy (non-hydrogen) atoms. The highest BCUT2D eigenvalue weighted by molar-refractivity contribution is 14.1. The van der Waals surface area contributed by atoms with Crippen LogP contribution in [0.5, 0.6) is 0 Å². The van der Waals surface area contributed by atoms with Crippen molar-refractivity contribution in [1.82, 2.24) is 0 Å². The summed E-state index contributed by atoms with van der Waals surface area (Å²) in [6.45, 7) is 6.64. The molecule has 0 spiro atoms. The molecule has 116 valence electrons. The molecule has 0 N–H and O–H groups in total. The van der Waals surface area contributed by atoms with Gasteiger partial charge in [0, 0.05) is 10.3 Å². The van der Waals surface area contributed by atoms with Gasteiger partial charge in [-0.05, 0) is 37.4 Å². The van der Waals surface area contributed by atoms with Gasteiger partial charge in [0.1, 0.15) is 11.7 Å². The summed E-state index contributed by atoms with van der Waals surface area (Å²) >= 11 is 2.38. The number of esters is 1. The maximum Gasteiger partial charge on any atom is 0.335 e. The van der Waals surface area contributed by atoms with Crippen LogP contribution in [0.3, 0.4) is 0 Å². The fourth-order valence-corrected chi connectivity index (χ4v) is 7.71. The Morgan fingerprint density at radius 1 is 1.30 bits per heavy atom. The summed E-state index contributed by atoms with van der Waals surface area (Å²) < 4.78 is 13.3. The van der Waals surface area contributed by atoms with Gasteiger partial charge in [0.2, 0.25) is 0 Å². The maximum atomic E-state index is 12.4. The van der Waals surface area contributed by atoms with Crippen LogP contribution in [-0.2, 0) is 14.0 Å². The zero-order valence-corrected chi connectivity index (χ0v) is 16.1. The molecule has 0 radical (unpaired) electrons. The number of hydrogen-bond acceptors (Lipinski definition) is 3. The summed E-state index contributed by atoms with van der Waals surface area (Å²) in [5.74, 6) is 0.206. The third kappa shape index (κ3) is 2.82. The van der Waals surface area contributed by atoms with Crippen LogP contribution in [0.25, 0.3) is 0 Å². The molecule has 1 aliphatic heterocycles. The van der Waals surface area contributed by atoms with E-state index in [1.807, 2.05) is 0 Å². The minimum absolute atomic E-state index is 0.0826. The van der Waals surface area contributed by atoms with Crippen LogP contribution in [0.15, 0.2) is 0 Å². The maximum absolute atomic E-state index is 12.4. The molecule has 1 aliphatic carbocycles. The zero-order chi connectivity index (χ0) is 14.8. The molecule has 3 nitrogen and oxygen atoms in total. The monoisotopic (exact) mass is 410 g/mol. The Morgan fingerprint density at radius 2 is 1.95 bits per heavy atom. The van der Waals surface area contributed by atoms with Crippen LogP contribution in [0.1, 0.15) is 46.5 Å². The highest BCUT2D eigenvalue weighted by Crippen LogP contribution is 2.47. The molecule has 2 fully saturated rings. The lowest BCUT2D eigenvalue weighted by molar-refractivity contribution is -0.152. The molecular formula is C15H27IO3Si. The van der Waals surface area contributed by atoms with E-state index in [0.29, 0.717) is 0 Å². The second kappa shape index (κ2) is 6.65. The predicted octanol–water partition coefficient (Wildman–Crippen LogP) is 4.30. The summed E-state index contributed by atoms with van der Waals surface area (Å²) in [4.78, 5) is 12.4. The molecule has 0 aromatic heterocycles. The Morgan fingerprint density at radius 3 is 2.50 bits per heavy atom. The summed E-state index contributed by atoms with van der Waals surface area (Å²) in [7, 11) is -1.75. The number of rotatable bonds is 6. The van der Waals surface area contributed by atoms with E-state index in [4.69, 9.17) is 9.16 Å². The second-order valence-corrected chi connectivity index (χ2v) is 11.7. The van der Waals surface area contributed by atoms with Crippen molar-refractivity contribution in [2.24, 2.45) is 5.92 Å². The van der Waals surface area contributed by atoms with Gasteiger partial charge in [0.15, 0.2) is 8.32 Å². The summed E-state index contributed by atoms with van der Waals surface area (Å²) in [5, 5.41) is 0. The zero-order valence-electron chi connectivity index (χ0n) is 12.9. The number of carbonyl (C=O) groups is 1. The Bertz CT molecular complexity index is 351. The first kappa shape index (κ1) is 16.7. The Labute approximate surface area is 137 Å². The van der Waals surface area contributed by atoms with Crippen molar-refractivity contribution in [1.29, 1.82) is 0 Å². The van der Waals surface area contributed by atoms with Crippen LogP contribution in [0, 0.1) is 5.92 Å². The van der Waals surface area contributed by atoms with E-state index >= 15 is 0 Å². The number of fused-ring (bicyclic) bond motifs is 1. The van der Waals surface area contributed by atoms with Gasteiger partial charge in [-0.25, -0.2) is 4.79 Å². The fourth-order valence-electron chi connectivity index (χ4n) is 3.81. The number of ether oxygens (including phenoxy) is 1. The van der Waals surface area contributed by atoms with E-state index in [2.05, 4.69) is 43.4 Å². The smallest absolute Gasteiger partial charge is 0.335 e. The largest absolute Gasteiger partial charge is 0.456 e. The molecular weight excluding hydrogens is 383 g/mol. The predicted molar refractivity (Wildman–Crippen MR) is 91.7 cm³/mol. The Kier molecular flexibility index (Phi) is 5.56. The first-order valence-electron chi connectivity index (χ1n) is 8.03. The summed E-state index contributed by atoms with van der Waals surface area (Å²) in [6.07, 6.45) is 4.21. The molecule has 0 aromatic carbocycles. The topological polar surface area (TPSA) is 35.5 Å². The first-order valence-corrected chi connectivity index (χ1v) is 12.1. The van der Waals surface area contributed by atoms with E-state index in [0.717, 1.165) is 35.4 Å². The molecule has 3 atom stereocenters. The molecule has 1 unspecified atom stereocenters. The average molecular weight is 410 g/mol. The fraction of sp³-hybridized carbons (Fsp3) is 0.933. The van der Waals surface area contributed by atoms with Crippen LogP contribution in [-0.4, -0.2) is 30.4 Å². The molecule has 2 aliphatic rings. The van der Waals surface area contributed by atoms with Crippen molar-refractivity contribution in [3.8, 4) is 0 Å². The molecule has 1 saturated carbocycles. The lowest BCUT2D eigenvalue weighted by Crippen LogP contribution is -2.47. The van der Waals surface area contributed by atoms with E-state index < -0.39 is 8.32 Å². The van der Waals surface area contributed by atoms with E-state index in [-0.39, 0.29) is 23.6 Å². The number of carbonyl (C=O) groups excluding carboxylic acids is 1. The van der Waals surface area contributed by atoms with Crippen molar-refractivity contribution < 1.29 is 14.0 Å². The van der Waals surface area contributed by atoms with Gasteiger partial charge in [-0.1, -0.05) is 49.8 Å². The third-order valence-corrected chi connectivity index (χ3v) is 11.4. The van der Waals surface area contributed by atoms with Gasteiger partial charge >= 0.3 is 5.97 Å². The van der Waals surface area contributed by atoms with Gasteiger partial charge in [-0.2, -0.15) is 0 Å². The van der Waals surface area contributed by atoms with Crippen LogP contribution < -0.4 is 0 Å². The molecule has 0 aromatic rings. The van der Waals surface area contributed by atoms with Crippen LogP contribution >= 0.6 is 22.6 Å². The molecule has 5 heteroatoms. The first-order chi connectivity index (χ1) is 9.56. The van der Waals surface area contributed by atoms with E-state index in [9.17, 15) is 4.79 Å². The summed E-state index contributed by atoms with van der Waals surface area (Å²) in [5.41, 5.74) is -0.226. The van der Waals surface area contributed by atoms with Gasteiger partial charge in [-0.3, -0.25) is 0 Å². The summed E-state index contributed by atoms with van der Waals surface area (Å²) in [6, 6.07) is 3.27. The minimum Gasteiger partial charge on any atom is -0.456 e. The van der Waals surface area contributed by atoms with Crippen molar-refractivity contribution in [2.45, 2.75) is 76.3 Å². The van der Waals surface area contributed by atoms with Crippen LogP contribution in [0.2, 0.25) is 18.1 Å². The van der Waals surface area contributed by atoms with Gasteiger partial charge in [0.25, 0.3) is 0 Å². The molecule has 2 rings (SSSR count). The quantitative estimate of drug-likeness (QED) is 0.284. The number of alkyl halides is 1. The lowest BCUT2D eigenvalue weighted by Gasteiger charge is -2.38.